The minimum atomic E-state index is -1.50. The summed E-state index contributed by atoms with van der Waals surface area (Å²) in [6.45, 7) is 1.69. The summed E-state index contributed by atoms with van der Waals surface area (Å²) >= 11 is 0. The van der Waals surface area contributed by atoms with Crippen LogP contribution in [-0.4, -0.2) is 17.2 Å². The molecule has 1 aromatic rings. The van der Waals surface area contributed by atoms with E-state index in [2.05, 4.69) is 0 Å². The molecule has 0 unspecified atom stereocenters. The summed E-state index contributed by atoms with van der Waals surface area (Å²) < 4.78 is 0. The molecule has 12 heavy (non-hydrogen) atoms. The second-order valence-electron chi connectivity index (χ2n) is 2.51. The summed E-state index contributed by atoms with van der Waals surface area (Å²) in [6.07, 6.45) is 0. The van der Waals surface area contributed by atoms with Crippen LogP contribution in [0.1, 0.15) is 11.1 Å². The Morgan fingerprint density at radius 2 is 2.08 bits per heavy atom. The Bertz CT molecular complexity index is 330. The van der Waals surface area contributed by atoms with Gasteiger partial charge in [0.25, 0.3) is 0 Å². The highest BCUT2D eigenvalue weighted by Gasteiger charge is 2.14. The Balaban J connectivity index is 3.25. The predicted octanol–water partition coefficient (Wildman–Crippen LogP) is -0.454. The summed E-state index contributed by atoms with van der Waals surface area (Å²) in [6, 6.07) is 6.82. The average molecular weight is 161 g/mol. The molecule has 60 valence electrons. The molecular weight excluding hydrogens is 153 g/mol. The maximum Gasteiger partial charge on any atom is 0.488 e. The lowest BCUT2D eigenvalue weighted by molar-refractivity contribution is 0.425. The van der Waals surface area contributed by atoms with Gasteiger partial charge in [0, 0.05) is 0 Å². The van der Waals surface area contributed by atoms with E-state index in [1.54, 1.807) is 25.1 Å². The fraction of sp³-hybridized carbons (Fsp3) is 0.125. The number of hydrogen-bond acceptors (Lipinski definition) is 3. The van der Waals surface area contributed by atoms with E-state index in [1.807, 2.05) is 6.07 Å². The molecule has 0 atom stereocenters. The monoisotopic (exact) mass is 161 g/mol. The van der Waals surface area contributed by atoms with Crippen molar-refractivity contribution in [3.8, 4) is 6.07 Å². The zero-order chi connectivity index (χ0) is 9.14. The van der Waals surface area contributed by atoms with E-state index in [-0.39, 0.29) is 0 Å². The van der Waals surface area contributed by atoms with Gasteiger partial charge in [-0.15, -0.1) is 0 Å². The number of benzene rings is 1. The maximum atomic E-state index is 8.87. The normalized spacial score (nSPS) is 9.17. The molecule has 0 aromatic heterocycles. The van der Waals surface area contributed by atoms with Crippen molar-refractivity contribution in [2.24, 2.45) is 0 Å². The highest BCUT2D eigenvalue weighted by molar-refractivity contribution is 6.59. The van der Waals surface area contributed by atoms with E-state index in [4.69, 9.17) is 15.3 Å². The van der Waals surface area contributed by atoms with Gasteiger partial charge in [0.15, 0.2) is 0 Å². The van der Waals surface area contributed by atoms with Gasteiger partial charge in [0.1, 0.15) is 0 Å². The fourth-order valence-corrected chi connectivity index (χ4v) is 1.05. The van der Waals surface area contributed by atoms with Gasteiger partial charge in [0.2, 0.25) is 0 Å². The highest BCUT2D eigenvalue weighted by Crippen LogP contribution is 2.02. The zero-order valence-corrected chi connectivity index (χ0v) is 6.65. The van der Waals surface area contributed by atoms with Gasteiger partial charge in [-0.3, -0.25) is 0 Å². The minimum Gasteiger partial charge on any atom is -0.423 e. The molecule has 0 amide bonds. The van der Waals surface area contributed by atoms with Crippen molar-refractivity contribution < 1.29 is 10.0 Å². The van der Waals surface area contributed by atoms with Gasteiger partial charge in [0.05, 0.1) is 11.6 Å². The van der Waals surface area contributed by atoms with Crippen LogP contribution in [-0.2, 0) is 0 Å². The van der Waals surface area contributed by atoms with E-state index >= 15 is 0 Å². The molecule has 0 radical (unpaired) electrons. The number of rotatable bonds is 1. The Kier molecular flexibility index (Phi) is 2.49. The Hall–Kier alpha value is -1.31. The van der Waals surface area contributed by atoms with Crippen molar-refractivity contribution in [2.75, 3.05) is 0 Å². The molecule has 0 spiro atoms. The van der Waals surface area contributed by atoms with Crippen molar-refractivity contribution in [2.45, 2.75) is 6.92 Å². The SMILES string of the molecule is Cc1c(C#N)cccc1B(O)O. The van der Waals surface area contributed by atoms with Gasteiger partial charge >= 0.3 is 7.12 Å². The van der Waals surface area contributed by atoms with Crippen molar-refractivity contribution in [1.29, 1.82) is 5.26 Å². The molecular formula is C8H8BNO2. The topological polar surface area (TPSA) is 64.2 Å². The van der Waals surface area contributed by atoms with Crippen LogP contribution in [0, 0.1) is 18.3 Å². The summed E-state index contributed by atoms with van der Waals surface area (Å²) in [5.41, 5.74) is 1.48. The first kappa shape index (κ1) is 8.79. The third-order valence-electron chi connectivity index (χ3n) is 1.77. The Labute approximate surface area is 71.0 Å². The molecule has 0 aliphatic heterocycles. The zero-order valence-electron chi connectivity index (χ0n) is 6.65. The number of nitriles is 1. The fourth-order valence-electron chi connectivity index (χ4n) is 1.05. The first-order valence-corrected chi connectivity index (χ1v) is 3.52. The van der Waals surface area contributed by atoms with Gasteiger partial charge in [-0.1, -0.05) is 12.1 Å². The lowest BCUT2D eigenvalue weighted by Gasteiger charge is -2.04. The number of hydrogen-bond donors (Lipinski definition) is 2. The first-order chi connectivity index (χ1) is 5.66. The van der Waals surface area contributed by atoms with E-state index in [1.165, 1.54) is 0 Å². The van der Waals surface area contributed by atoms with Crippen LogP contribution < -0.4 is 5.46 Å². The van der Waals surface area contributed by atoms with E-state index in [0.29, 0.717) is 16.6 Å². The third kappa shape index (κ3) is 1.47. The van der Waals surface area contributed by atoms with Gasteiger partial charge in [-0.05, 0) is 24.0 Å². The summed E-state index contributed by atoms with van der Waals surface area (Å²) in [4.78, 5) is 0. The standard InChI is InChI=1S/C8H8BNO2/c1-6-7(5-10)3-2-4-8(6)9(11)12/h2-4,11-12H,1H3. The molecule has 1 rings (SSSR count). The van der Waals surface area contributed by atoms with Crippen LogP contribution in [0.3, 0.4) is 0 Å². The molecule has 0 bridgehead atoms. The molecule has 0 saturated carbocycles. The average Bonchev–Trinajstić information content (AvgIpc) is 2.04. The number of nitrogens with zero attached hydrogens (tertiary/aromatic N) is 1. The van der Waals surface area contributed by atoms with Crippen LogP contribution in [0.5, 0.6) is 0 Å². The van der Waals surface area contributed by atoms with Gasteiger partial charge < -0.3 is 10.0 Å². The van der Waals surface area contributed by atoms with Crippen LogP contribution in [0.2, 0.25) is 0 Å². The second kappa shape index (κ2) is 3.39. The van der Waals surface area contributed by atoms with E-state index < -0.39 is 7.12 Å². The third-order valence-corrected chi connectivity index (χ3v) is 1.77. The van der Waals surface area contributed by atoms with Crippen molar-refractivity contribution in [3.05, 3.63) is 29.3 Å². The smallest absolute Gasteiger partial charge is 0.423 e. The Morgan fingerprint density at radius 3 is 2.58 bits per heavy atom. The van der Waals surface area contributed by atoms with Crippen molar-refractivity contribution in [3.63, 3.8) is 0 Å². The summed E-state index contributed by atoms with van der Waals surface area (Å²) in [5, 5.41) is 26.4. The Morgan fingerprint density at radius 1 is 1.42 bits per heavy atom. The van der Waals surface area contributed by atoms with Gasteiger partial charge in [-0.2, -0.15) is 5.26 Å². The molecule has 0 fully saturated rings. The molecule has 4 heteroatoms. The molecule has 3 nitrogen and oxygen atoms in total. The molecule has 0 aliphatic rings. The quantitative estimate of drug-likeness (QED) is 0.548. The maximum absolute atomic E-state index is 8.87. The van der Waals surface area contributed by atoms with Crippen LogP contribution in [0.15, 0.2) is 18.2 Å². The molecule has 1 aromatic carbocycles. The molecule has 0 aliphatic carbocycles. The second-order valence-corrected chi connectivity index (χ2v) is 2.51. The van der Waals surface area contributed by atoms with Crippen LogP contribution >= 0.6 is 0 Å². The predicted molar refractivity (Wildman–Crippen MR) is 45.7 cm³/mol. The lowest BCUT2D eigenvalue weighted by Crippen LogP contribution is -2.32. The largest absolute Gasteiger partial charge is 0.488 e. The van der Waals surface area contributed by atoms with E-state index in [9.17, 15) is 0 Å². The lowest BCUT2D eigenvalue weighted by atomic mass is 9.76. The molecule has 0 saturated heterocycles. The molecule has 2 N–H and O–H groups in total. The van der Waals surface area contributed by atoms with Crippen LogP contribution in [0.4, 0.5) is 0 Å². The van der Waals surface area contributed by atoms with Crippen molar-refractivity contribution in [1.82, 2.24) is 0 Å². The van der Waals surface area contributed by atoms with Gasteiger partial charge in [-0.25, -0.2) is 0 Å². The molecule has 0 heterocycles. The first-order valence-electron chi connectivity index (χ1n) is 3.52. The highest BCUT2D eigenvalue weighted by atomic mass is 16.4. The van der Waals surface area contributed by atoms with E-state index in [0.717, 1.165) is 0 Å². The summed E-state index contributed by atoms with van der Waals surface area (Å²) in [5.74, 6) is 0. The van der Waals surface area contributed by atoms with Crippen molar-refractivity contribution >= 4 is 12.6 Å². The van der Waals surface area contributed by atoms with Crippen LogP contribution in [0.25, 0.3) is 0 Å². The summed E-state index contributed by atoms with van der Waals surface area (Å²) in [7, 11) is -1.50. The minimum absolute atomic E-state index is 0.383.